The number of ketones is 1. The normalized spacial score (nSPS) is 17.2. The molecule has 1 aromatic heterocycles. The predicted octanol–water partition coefficient (Wildman–Crippen LogP) is 5.91. The Morgan fingerprint density at radius 2 is 1.90 bits per heavy atom. The topological polar surface area (TPSA) is 50.3 Å². The highest BCUT2D eigenvalue weighted by Crippen LogP contribution is 2.25. The molecule has 0 unspecified atom stereocenters. The molecule has 2 aliphatic rings. The molecule has 3 rings (SSSR count). The summed E-state index contributed by atoms with van der Waals surface area (Å²) in [7, 11) is 0. The van der Waals surface area contributed by atoms with Crippen molar-refractivity contribution in [1.82, 2.24) is 9.88 Å². The van der Waals surface area contributed by atoms with Crippen molar-refractivity contribution in [2.45, 2.75) is 70.6 Å². The number of carbonyl (C=O) groups excluding carboxylic acids is 2. The van der Waals surface area contributed by atoms with Crippen molar-refractivity contribution in [3.8, 4) is 0 Å². The molecular weight excluding hydrogens is 384 g/mol. The van der Waals surface area contributed by atoms with E-state index in [1.807, 2.05) is 30.4 Å². The van der Waals surface area contributed by atoms with Gasteiger partial charge in [-0.15, -0.1) is 0 Å². The summed E-state index contributed by atoms with van der Waals surface area (Å²) in [6.07, 6.45) is 25.1. The Labute approximate surface area is 187 Å². The van der Waals surface area contributed by atoms with E-state index in [9.17, 15) is 9.59 Å². The van der Waals surface area contributed by atoms with Crippen LogP contribution in [0.5, 0.6) is 0 Å². The van der Waals surface area contributed by atoms with Crippen LogP contribution in [0.3, 0.4) is 0 Å². The molecule has 31 heavy (non-hydrogen) atoms. The Hall–Kier alpha value is -2.49. The average molecular weight is 421 g/mol. The number of rotatable bonds is 11. The molecule has 4 nitrogen and oxygen atoms in total. The standard InChI is InChI=1S/C27H36N2O2/c30-26(16-15-24-11-9-19-28-22-24)14-8-3-1-2-5-10-23-17-20-29(21-18-23)27(31)25-12-6-4-7-13-25/h4,6,9,11-12,15-16,19,22-23H,1-3,5,7-8,10,13-14,17-18,20-21H2/b16-15+. The molecule has 0 radical (unpaired) electrons. The molecule has 1 saturated heterocycles. The third kappa shape index (κ3) is 8.28. The molecule has 166 valence electrons. The van der Waals surface area contributed by atoms with Gasteiger partial charge in [-0.3, -0.25) is 14.6 Å². The van der Waals surface area contributed by atoms with Gasteiger partial charge in [0.25, 0.3) is 0 Å². The van der Waals surface area contributed by atoms with Crippen LogP contribution in [-0.4, -0.2) is 34.7 Å². The van der Waals surface area contributed by atoms with Crippen molar-refractivity contribution >= 4 is 17.8 Å². The van der Waals surface area contributed by atoms with E-state index in [0.29, 0.717) is 6.42 Å². The van der Waals surface area contributed by atoms with E-state index in [2.05, 4.69) is 16.0 Å². The zero-order valence-electron chi connectivity index (χ0n) is 18.7. The van der Waals surface area contributed by atoms with Crippen molar-refractivity contribution in [1.29, 1.82) is 0 Å². The summed E-state index contributed by atoms with van der Waals surface area (Å²) in [6.45, 7) is 1.83. The van der Waals surface area contributed by atoms with E-state index in [1.54, 1.807) is 18.5 Å². The van der Waals surface area contributed by atoms with Gasteiger partial charge in [-0.1, -0.05) is 56.4 Å². The summed E-state index contributed by atoms with van der Waals surface area (Å²) in [5.74, 6) is 1.22. The van der Waals surface area contributed by atoms with E-state index in [-0.39, 0.29) is 11.7 Å². The summed E-state index contributed by atoms with van der Waals surface area (Å²) in [5.41, 5.74) is 1.95. The number of unbranched alkanes of at least 4 members (excludes halogenated alkanes) is 4. The first-order chi connectivity index (χ1) is 15.2. The number of aromatic nitrogens is 1. The number of hydrogen-bond donors (Lipinski definition) is 0. The largest absolute Gasteiger partial charge is 0.339 e. The second-order valence-corrected chi connectivity index (χ2v) is 8.79. The van der Waals surface area contributed by atoms with Crippen LogP contribution < -0.4 is 0 Å². The van der Waals surface area contributed by atoms with E-state index in [4.69, 9.17) is 0 Å². The molecule has 1 aliphatic carbocycles. The summed E-state index contributed by atoms with van der Waals surface area (Å²) >= 11 is 0. The van der Waals surface area contributed by atoms with Gasteiger partial charge in [0.15, 0.2) is 5.78 Å². The first kappa shape index (κ1) is 23.2. The molecule has 0 saturated carbocycles. The van der Waals surface area contributed by atoms with Crippen LogP contribution >= 0.6 is 0 Å². The summed E-state index contributed by atoms with van der Waals surface area (Å²) in [6, 6.07) is 3.82. The molecule has 1 fully saturated rings. The van der Waals surface area contributed by atoms with Gasteiger partial charge < -0.3 is 4.90 Å². The number of carbonyl (C=O) groups is 2. The van der Waals surface area contributed by atoms with Gasteiger partial charge in [0.2, 0.25) is 5.91 Å². The number of hydrogen-bond acceptors (Lipinski definition) is 3. The van der Waals surface area contributed by atoms with Crippen molar-refractivity contribution in [2.24, 2.45) is 5.92 Å². The monoisotopic (exact) mass is 420 g/mol. The lowest BCUT2D eigenvalue weighted by atomic mass is 9.90. The molecular formula is C27H36N2O2. The van der Waals surface area contributed by atoms with Gasteiger partial charge in [0, 0.05) is 37.5 Å². The lowest BCUT2D eigenvalue weighted by Crippen LogP contribution is -2.39. The SMILES string of the molecule is O=C(/C=C/c1cccnc1)CCCCCCCC1CCN(C(=O)C2=CC=CCC2)CC1. The Morgan fingerprint density at radius 1 is 1.10 bits per heavy atom. The Kier molecular flexibility index (Phi) is 9.75. The minimum Gasteiger partial charge on any atom is -0.339 e. The second kappa shape index (κ2) is 13.0. The predicted molar refractivity (Wildman–Crippen MR) is 126 cm³/mol. The summed E-state index contributed by atoms with van der Waals surface area (Å²) in [5, 5.41) is 0. The Morgan fingerprint density at radius 3 is 2.65 bits per heavy atom. The van der Waals surface area contributed by atoms with Crippen LogP contribution in [0, 0.1) is 5.92 Å². The summed E-state index contributed by atoms with van der Waals surface area (Å²) in [4.78, 5) is 30.6. The number of amides is 1. The van der Waals surface area contributed by atoms with Crippen molar-refractivity contribution in [2.75, 3.05) is 13.1 Å². The van der Waals surface area contributed by atoms with Gasteiger partial charge in [-0.05, 0) is 61.8 Å². The molecule has 0 bridgehead atoms. The molecule has 4 heteroatoms. The smallest absolute Gasteiger partial charge is 0.249 e. The van der Waals surface area contributed by atoms with Crippen LogP contribution in [0.4, 0.5) is 0 Å². The summed E-state index contributed by atoms with van der Waals surface area (Å²) < 4.78 is 0. The van der Waals surface area contributed by atoms with Crippen molar-refractivity contribution in [3.05, 3.63) is 60.0 Å². The van der Waals surface area contributed by atoms with E-state index >= 15 is 0 Å². The molecule has 0 spiro atoms. The number of allylic oxidation sites excluding steroid dienone is 4. The van der Waals surface area contributed by atoms with Crippen LogP contribution in [0.25, 0.3) is 6.08 Å². The number of nitrogens with zero attached hydrogens (tertiary/aromatic N) is 2. The number of pyridine rings is 1. The quantitative estimate of drug-likeness (QED) is 0.330. The fourth-order valence-corrected chi connectivity index (χ4v) is 4.42. The molecule has 0 aromatic carbocycles. The van der Waals surface area contributed by atoms with E-state index in [0.717, 1.165) is 68.7 Å². The van der Waals surface area contributed by atoms with Gasteiger partial charge in [0.1, 0.15) is 0 Å². The van der Waals surface area contributed by atoms with Gasteiger partial charge in [0.05, 0.1) is 0 Å². The maximum Gasteiger partial charge on any atom is 0.249 e. The van der Waals surface area contributed by atoms with Gasteiger partial charge >= 0.3 is 0 Å². The highest BCUT2D eigenvalue weighted by Gasteiger charge is 2.24. The maximum absolute atomic E-state index is 12.6. The zero-order chi connectivity index (χ0) is 21.7. The van der Waals surface area contributed by atoms with Crippen LogP contribution in [0.1, 0.15) is 76.2 Å². The number of piperidine rings is 1. The molecule has 1 aromatic rings. The Balaban J connectivity index is 1.19. The molecule has 0 atom stereocenters. The third-order valence-electron chi connectivity index (χ3n) is 6.37. The van der Waals surface area contributed by atoms with Crippen LogP contribution in [0.15, 0.2) is 54.4 Å². The zero-order valence-corrected chi connectivity index (χ0v) is 18.7. The minimum absolute atomic E-state index is 0.199. The fourth-order valence-electron chi connectivity index (χ4n) is 4.42. The molecule has 1 aliphatic heterocycles. The lowest BCUT2D eigenvalue weighted by molar-refractivity contribution is -0.128. The van der Waals surface area contributed by atoms with E-state index in [1.165, 1.54) is 25.7 Å². The van der Waals surface area contributed by atoms with Gasteiger partial charge in [-0.25, -0.2) is 0 Å². The second-order valence-electron chi connectivity index (χ2n) is 8.79. The van der Waals surface area contributed by atoms with Gasteiger partial charge in [-0.2, -0.15) is 0 Å². The maximum atomic E-state index is 12.6. The molecule has 1 amide bonds. The van der Waals surface area contributed by atoms with Crippen LogP contribution in [0.2, 0.25) is 0 Å². The highest BCUT2D eigenvalue weighted by molar-refractivity contribution is 5.94. The van der Waals surface area contributed by atoms with Crippen molar-refractivity contribution < 1.29 is 9.59 Å². The van der Waals surface area contributed by atoms with Crippen LogP contribution in [-0.2, 0) is 9.59 Å². The number of likely N-dealkylation sites (tertiary alicyclic amines) is 1. The van der Waals surface area contributed by atoms with E-state index < -0.39 is 0 Å². The average Bonchev–Trinajstić information content (AvgIpc) is 2.83. The molecule has 2 heterocycles. The van der Waals surface area contributed by atoms with Crippen molar-refractivity contribution in [3.63, 3.8) is 0 Å². The highest BCUT2D eigenvalue weighted by atomic mass is 16.2. The fraction of sp³-hybridized carbons (Fsp3) is 0.519. The first-order valence-electron chi connectivity index (χ1n) is 12.0. The molecule has 0 N–H and O–H groups in total. The lowest BCUT2D eigenvalue weighted by Gasteiger charge is -2.33. The first-order valence-corrected chi connectivity index (χ1v) is 12.0. The Bertz CT molecular complexity index is 787. The minimum atomic E-state index is 0.199. The third-order valence-corrected chi connectivity index (χ3v) is 6.37.